The molecule has 6 nitrogen and oxygen atoms in total. The van der Waals surface area contributed by atoms with Gasteiger partial charge in [0.15, 0.2) is 0 Å². The maximum absolute atomic E-state index is 13.4. The van der Waals surface area contributed by atoms with Gasteiger partial charge in [0.05, 0.1) is 6.04 Å². The molecular formula is C27H37FN4O2. The first-order valence-corrected chi connectivity index (χ1v) is 12.1. The van der Waals surface area contributed by atoms with Crippen molar-refractivity contribution in [2.75, 3.05) is 31.1 Å². The van der Waals surface area contributed by atoms with Crippen LogP contribution in [0.5, 0.6) is 0 Å². The molecule has 2 amide bonds. The summed E-state index contributed by atoms with van der Waals surface area (Å²) in [5.74, 6) is -0.0321. The van der Waals surface area contributed by atoms with Gasteiger partial charge < -0.3 is 15.5 Å². The molecule has 1 aliphatic rings. The number of hydrogen-bond acceptors (Lipinski definition) is 4. The lowest BCUT2D eigenvalue weighted by molar-refractivity contribution is -0.133. The van der Waals surface area contributed by atoms with Crippen LogP contribution < -0.4 is 10.6 Å². The lowest BCUT2D eigenvalue weighted by Gasteiger charge is -2.30. The largest absolute Gasteiger partial charge is 0.336 e. The molecule has 0 radical (unpaired) electrons. The van der Waals surface area contributed by atoms with Crippen LogP contribution in [0.15, 0.2) is 48.5 Å². The average molecular weight is 469 g/mol. The van der Waals surface area contributed by atoms with Gasteiger partial charge in [-0.15, -0.1) is 0 Å². The van der Waals surface area contributed by atoms with E-state index in [1.807, 2.05) is 29.2 Å². The highest BCUT2D eigenvalue weighted by molar-refractivity contribution is 5.92. The van der Waals surface area contributed by atoms with Crippen molar-refractivity contribution in [3.05, 3.63) is 65.5 Å². The minimum absolute atomic E-state index is 0.0221. The van der Waals surface area contributed by atoms with Crippen molar-refractivity contribution in [3.8, 4) is 0 Å². The molecule has 1 aliphatic heterocycles. The van der Waals surface area contributed by atoms with Gasteiger partial charge >= 0.3 is 0 Å². The van der Waals surface area contributed by atoms with E-state index >= 15 is 0 Å². The number of anilines is 1. The second kappa shape index (κ2) is 12.1. The predicted molar refractivity (Wildman–Crippen MR) is 134 cm³/mol. The van der Waals surface area contributed by atoms with E-state index in [4.69, 9.17) is 5.73 Å². The van der Waals surface area contributed by atoms with Gasteiger partial charge in [-0.2, -0.15) is 0 Å². The molecule has 1 atom stereocenters. The van der Waals surface area contributed by atoms with Gasteiger partial charge in [0.25, 0.3) is 0 Å². The molecule has 184 valence electrons. The zero-order valence-corrected chi connectivity index (χ0v) is 20.5. The molecule has 3 rings (SSSR count). The number of nitrogens with zero attached hydrogens (tertiary/aromatic N) is 3. The van der Waals surface area contributed by atoms with Crippen LogP contribution in [0, 0.1) is 11.7 Å². The van der Waals surface area contributed by atoms with Crippen LogP contribution in [0.1, 0.15) is 44.7 Å². The van der Waals surface area contributed by atoms with Crippen LogP contribution in [0.2, 0.25) is 0 Å². The maximum Gasteiger partial charge on any atom is 0.239 e. The fraction of sp³-hybridized carbons (Fsp3) is 0.481. The van der Waals surface area contributed by atoms with Crippen molar-refractivity contribution in [2.45, 2.75) is 52.7 Å². The first-order chi connectivity index (χ1) is 16.2. The molecule has 2 aromatic carbocycles. The lowest BCUT2D eigenvalue weighted by Crippen LogP contribution is -2.46. The quantitative estimate of drug-likeness (QED) is 0.725. The molecule has 0 aromatic heterocycles. The van der Waals surface area contributed by atoms with E-state index in [0.29, 0.717) is 45.1 Å². The summed E-state index contributed by atoms with van der Waals surface area (Å²) in [6.07, 6.45) is 1.41. The van der Waals surface area contributed by atoms with Crippen molar-refractivity contribution >= 4 is 17.5 Å². The number of hydrogen-bond donors (Lipinski definition) is 1. The second-order valence-electron chi connectivity index (χ2n) is 9.55. The zero-order chi connectivity index (χ0) is 24.7. The minimum Gasteiger partial charge on any atom is -0.336 e. The molecule has 0 unspecified atom stereocenters. The lowest BCUT2D eigenvalue weighted by atomic mass is 10.0. The summed E-state index contributed by atoms with van der Waals surface area (Å²) in [5.41, 5.74) is 9.10. The van der Waals surface area contributed by atoms with Gasteiger partial charge in [-0.1, -0.05) is 44.2 Å². The van der Waals surface area contributed by atoms with Crippen LogP contribution in [-0.4, -0.2) is 53.8 Å². The second-order valence-corrected chi connectivity index (χ2v) is 9.55. The number of benzene rings is 2. The van der Waals surface area contributed by atoms with E-state index in [1.165, 1.54) is 12.1 Å². The summed E-state index contributed by atoms with van der Waals surface area (Å²) in [6, 6.07) is 13.7. The van der Waals surface area contributed by atoms with Crippen LogP contribution in [0.25, 0.3) is 0 Å². The smallest absolute Gasteiger partial charge is 0.239 e. The molecular weight excluding hydrogens is 431 g/mol. The monoisotopic (exact) mass is 468 g/mol. The Hall–Kier alpha value is -2.77. The van der Waals surface area contributed by atoms with E-state index in [-0.39, 0.29) is 17.6 Å². The molecule has 0 aliphatic carbocycles. The Labute approximate surface area is 202 Å². The van der Waals surface area contributed by atoms with Gasteiger partial charge in [0, 0.05) is 51.9 Å². The van der Waals surface area contributed by atoms with Crippen molar-refractivity contribution in [3.63, 3.8) is 0 Å². The summed E-state index contributed by atoms with van der Waals surface area (Å²) < 4.78 is 13.4. The third kappa shape index (κ3) is 7.11. The van der Waals surface area contributed by atoms with Crippen molar-refractivity contribution in [1.82, 2.24) is 9.80 Å². The third-order valence-corrected chi connectivity index (χ3v) is 6.24. The van der Waals surface area contributed by atoms with Crippen LogP contribution in [-0.2, 0) is 22.7 Å². The number of amides is 2. The average Bonchev–Trinajstić information content (AvgIpc) is 2.82. The van der Waals surface area contributed by atoms with Gasteiger partial charge in [-0.25, -0.2) is 4.39 Å². The van der Waals surface area contributed by atoms with Crippen molar-refractivity contribution in [2.24, 2.45) is 11.7 Å². The van der Waals surface area contributed by atoms with E-state index in [0.717, 1.165) is 29.8 Å². The fourth-order valence-corrected chi connectivity index (χ4v) is 4.50. The summed E-state index contributed by atoms with van der Waals surface area (Å²) in [7, 11) is 0. The van der Waals surface area contributed by atoms with Crippen molar-refractivity contribution < 1.29 is 14.0 Å². The molecule has 0 fully saturated rings. The normalized spacial score (nSPS) is 16.6. The Balaban J connectivity index is 1.89. The zero-order valence-electron chi connectivity index (χ0n) is 20.5. The number of nitrogens with two attached hydrogens (primary N) is 1. The topological polar surface area (TPSA) is 69.9 Å². The molecule has 2 N–H and O–H groups in total. The van der Waals surface area contributed by atoms with Gasteiger partial charge in [-0.3, -0.25) is 14.5 Å². The Morgan fingerprint density at radius 3 is 2.38 bits per heavy atom. The minimum atomic E-state index is -0.563. The standard InChI is InChI=1S/C27H37FN4O2/c1-20(2)17-25(29)27(34)31-16-15-30(18-22-9-11-24(28)12-10-22)13-6-14-32(21(3)33)26-8-5-4-7-23(26)19-31/h4-5,7-12,20,25H,6,13-19,29H2,1-3H3/t25-/m0/s1. The Kier molecular flexibility index (Phi) is 9.19. The SMILES string of the molecule is CC(=O)N1CCCN(Cc2ccc(F)cc2)CCN(C(=O)[C@@H](N)CC(C)C)Cc2ccccc21. The third-order valence-electron chi connectivity index (χ3n) is 6.24. The molecule has 0 saturated heterocycles. The first kappa shape index (κ1) is 25.8. The Morgan fingerprint density at radius 1 is 1.00 bits per heavy atom. The highest BCUT2D eigenvalue weighted by Crippen LogP contribution is 2.24. The summed E-state index contributed by atoms with van der Waals surface area (Å²) >= 11 is 0. The molecule has 34 heavy (non-hydrogen) atoms. The van der Waals surface area contributed by atoms with Crippen LogP contribution in [0.4, 0.5) is 10.1 Å². The number of fused-ring (bicyclic) bond motifs is 1. The molecule has 2 aromatic rings. The summed E-state index contributed by atoms with van der Waals surface area (Å²) in [4.78, 5) is 31.8. The predicted octanol–water partition coefficient (Wildman–Crippen LogP) is 3.79. The molecule has 0 saturated carbocycles. The molecule has 0 bridgehead atoms. The van der Waals surface area contributed by atoms with Crippen LogP contribution >= 0.6 is 0 Å². The number of carbonyl (C=O) groups excluding carboxylic acids is 2. The van der Waals surface area contributed by atoms with Gasteiger partial charge in [0.2, 0.25) is 11.8 Å². The maximum atomic E-state index is 13.4. The van der Waals surface area contributed by atoms with Crippen LogP contribution in [0.3, 0.4) is 0 Å². The molecule has 0 spiro atoms. The van der Waals surface area contributed by atoms with E-state index in [9.17, 15) is 14.0 Å². The van der Waals surface area contributed by atoms with Gasteiger partial charge in [-0.05, 0) is 48.1 Å². The fourth-order valence-electron chi connectivity index (χ4n) is 4.50. The number of carbonyl (C=O) groups is 2. The number of rotatable bonds is 5. The van der Waals surface area contributed by atoms with E-state index < -0.39 is 6.04 Å². The van der Waals surface area contributed by atoms with Crippen molar-refractivity contribution in [1.29, 1.82) is 0 Å². The highest BCUT2D eigenvalue weighted by atomic mass is 19.1. The van der Waals surface area contributed by atoms with Gasteiger partial charge in [0.1, 0.15) is 5.82 Å². The van der Waals surface area contributed by atoms with E-state index in [2.05, 4.69) is 18.7 Å². The molecule has 1 heterocycles. The summed E-state index contributed by atoms with van der Waals surface area (Å²) in [6.45, 7) is 9.28. The Bertz CT molecular complexity index is 963. The first-order valence-electron chi connectivity index (χ1n) is 12.1. The number of halogens is 1. The highest BCUT2D eigenvalue weighted by Gasteiger charge is 2.25. The molecule has 7 heteroatoms. The summed E-state index contributed by atoms with van der Waals surface area (Å²) in [5, 5.41) is 0. The van der Waals surface area contributed by atoms with E-state index in [1.54, 1.807) is 24.0 Å². The Morgan fingerprint density at radius 2 is 1.71 bits per heavy atom. The number of para-hydroxylation sites is 1.